The Labute approximate surface area is 134 Å². The molecule has 23 heavy (non-hydrogen) atoms. The lowest BCUT2D eigenvalue weighted by atomic mass is 10.2. The first kappa shape index (κ1) is 15.3. The zero-order valence-electron chi connectivity index (χ0n) is 12.8. The Morgan fingerprint density at radius 2 is 2.04 bits per heavy atom. The minimum Gasteiger partial charge on any atom is -0.378 e. The van der Waals surface area contributed by atoms with Gasteiger partial charge >= 0.3 is 0 Å². The lowest BCUT2D eigenvalue weighted by molar-refractivity contribution is -0.135. The van der Waals surface area contributed by atoms with Gasteiger partial charge in [0.25, 0.3) is 0 Å². The number of nitrogens with zero attached hydrogens (tertiary/aromatic N) is 2. The molecule has 0 bridgehead atoms. The quantitative estimate of drug-likeness (QED) is 0.873. The number of ether oxygens (including phenoxy) is 1. The van der Waals surface area contributed by atoms with Gasteiger partial charge < -0.3 is 19.5 Å². The van der Waals surface area contributed by atoms with E-state index >= 15 is 0 Å². The highest BCUT2D eigenvalue weighted by atomic mass is 16.5. The molecule has 0 aliphatic carbocycles. The Balaban J connectivity index is 1.75. The summed E-state index contributed by atoms with van der Waals surface area (Å²) in [6.45, 7) is 6.24. The number of nitrogens with one attached hydrogen (secondary N) is 1. The van der Waals surface area contributed by atoms with Gasteiger partial charge in [0.05, 0.1) is 13.2 Å². The van der Waals surface area contributed by atoms with Gasteiger partial charge in [0.1, 0.15) is 6.54 Å². The number of morpholine rings is 1. The molecule has 0 saturated carbocycles. The zero-order valence-corrected chi connectivity index (χ0v) is 12.8. The van der Waals surface area contributed by atoms with Crippen LogP contribution in [0.5, 0.6) is 0 Å². The molecule has 2 aromatic rings. The summed E-state index contributed by atoms with van der Waals surface area (Å²) in [6, 6.07) is 7.54. The van der Waals surface area contributed by atoms with Crippen LogP contribution >= 0.6 is 0 Å². The molecule has 1 aromatic carbocycles. The molecular weight excluding hydrogens is 294 g/mol. The lowest BCUT2D eigenvalue weighted by Gasteiger charge is -2.27. The molecule has 1 aromatic heterocycles. The van der Waals surface area contributed by atoms with E-state index in [4.69, 9.17) is 4.74 Å². The number of rotatable bonds is 4. The van der Waals surface area contributed by atoms with Crippen LogP contribution in [0.4, 0.5) is 5.69 Å². The summed E-state index contributed by atoms with van der Waals surface area (Å²) in [5.74, 6) is -0.152. The van der Waals surface area contributed by atoms with E-state index in [-0.39, 0.29) is 11.8 Å². The van der Waals surface area contributed by atoms with Crippen LogP contribution in [0.2, 0.25) is 0 Å². The predicted molar refractivity (Wildman–Crippen MR) is 88.2 cm³/mol. The molecule has 0 radical (unpaired) electrons. The maximum absolute atomic E-state index is 12.3. The number of carbonyl (C=O) groups excluding carboxylic acids is 2. The molecule has 0 unspecified atom stereocenters. The normalized spacial score (nSPS) is 14.7. The largest absolute Gasteiger partial charge is 0.378 e. The van der Waals surface area contributed by atoms with Gasteiger partial charge in [-0.3, -0.25) is 9.59 Å². The van der Waals surface area contributed by atoms with E-state index in [1.807, 2.05) is 39.9 Å². The first-order valence-electron chi connectivity index (χ1n) is 7.55. The minimum absolute atomic E-state index is 0.0924. The van der Waals surface area contributed by atoms with E-state index in [1.165, 1.54) is 6.08 Å². The summed E-state index contributed by atoms with van der Waals surface area (Å²) in [5, 5.41) is 3.70. The first-order chi connectivity index (χ1) is 11.2. The van der Waals surface area contributed by atoms with Gasteiger partial charge in [-0.15, -0.1) is 0 Å². The Morgan fingerprint density at radius 3 is 2.78 bits per heavy atom. The molecule has 0 atom stereocenters. The molecule has 6 heteroatoms. The highest BCUT2D eigenvalue weighted by Gasteiger charge is 2.17. The third-order valence-corrected chi connectivity index (χ3v) is 3.89. The van der Waals surface area contributed by atoms with Crippen LogP contribution in [0.3, 0.4) is 0 Å². The van der Waals surface area contributed by atoms with E-state index in [0.717, 1.165) is 10.9 Å². The van der Waals surface area contributed by atoms with Crippen LogP contribution in [0.25, 0.3) is 10.9 Å². The number of amides is 2. The lowest BCUT2D eigenvalue weighted by Crippen LogP contribution is -2.42. The number of hydrogen-bond donors (Lipinski definition) is 1. The summed E-state index contributed by atoms with van der Waals surface area (Å²) < 4.78 is 7.19. The molecule has 6 nitrogen and oxygen atoms in total. The van der Waals surface area contributed by atoms with E-state index in [2.05, 4.69) is 11.9 Å². The zero-order chi connectivity index (χ0) is 16.2. The van der Waals surface area contributed by atoms with Crippen LogP contribution in [0, 0.1) is 0 Å². The number of anilines is 1. The van der Waals surface area contributed by atoms with Crippen LogP contribution in [-0.2, 0) is 20.9 Å². The third-order valence-electron chi connectivity index (χ3n) is 3.89. The topological polar surface area (TPSA) is 63.6 Å². The number of aromatic nitrogens is 1. The average Bonchev–Trinajstić information content (AvgIpc) is 2.97. The molecule has 1 aliphatic rings. The molecule has 1 fully saturated rings. The van der Waals surface area contributed by atoms with Crippen molar-refractivity contribution in [3.8, 4) is 0 Å². The molecular formula is C17H19N3O3. The predicted octanol–water partition coefficient (Wildman–Crippen LogP) is 1.62. The van der Waals surface area contributed by atoms with Gasteiger partial charge in [-0.1, -0.05) is 6.58 Å². The molecule has 2 amide bonds. The van der Waals surface area contributed by atoms with Gasteiger partial charge in [0.15, 0.2) is 0 Å². The van der Waals surface area contributed by atoms with Crippen molar-refractivity contribution in [2.75, 3.05) is 31.6 Å². The van der Waals surface area contributed by atoms with Crippen LogP contribution in [0.1, 0.15) is 0 Å². The second kappa shape index (κ2) is 6.66. The number of hydrogen-bond acceptors (Lipinski definition) is 3. The maximum Gasteiger partial charge on any atom is 0.247 e. The van der Waals surface area contributed by atoms with Gasteiger partial charge in [-0.05, 0) is 30.3 Å². The average molecular weight is 313 g/mol. The van der Waals surface area contributed by atoms with E-state index in [9.17, 15) is 9.59 Å². The maximum atomic E-state index is 12.3. The van der Waals surface area contributed by atoms with Crippen molar-refractivity contribution < 1.29 is 14.3 Å². The van der Waals surface area contributed by atoms with Crippen LogP contribution in [-0.4, -0.2) is 47.6 Å². The van der Waals surface area contributed by atoms with Gasteiger partial charge in [-0.2, -0.15) is 0 Å². The second-order valence-corrected chi connectivity index (χ2v) is 5.40. The molecule has 1 saturated heterocycles. The molecule has 1 N–H and O–H groups in total. The Hall–Kier alpha value is -2.60. The van der Waals surface area contributed by atoms with Crippen LogP contribution < -0.4 is 5.32 Å². The molecule has 1 aliphatic heterocycles. The van der Waals surface area contributed by atoms with Crippen molar-refractivity contribution in [3.63, 3.8) is 0 Å². The first-order valence-corrected chi connectivity index (χ1v) is 7.55. The number of fused-ring (bicyclic) bond motifs is 1. The van der Waals surface area contributed by atoms with Crippen molar-refractivity contribution in [2.24, 2.45) is 0 Å². The molecule has 2 heterocycles. The molecule has 120 valence electrons. The van der Waals surface area contributed by atoms with Gasteiger partial charge in [0, 0.05) is 35.9 Å². The fourth-order valence-corrected chi connectivity index (χ4v) is 2.67. The smallest absolute Gasteiger partial charge is 0.247 e. The van der Waals surface area contributed by atoms with Crippen molar-refractivity contribution >= 4 is 28.4 Å². The Kier molecular flexibility index (Phi) is 4.43. The van der Waals surface area contributed by atoms with Crippen molar-refractivity contribution in [1.29, 1.82) is 0 Å². The van der Waals surface area contributed by atoms with E-state index < -0.39 is 0 Å². The van der Waals surface area contributed by atoms with Crippen molar-refractivity contribution in [1.82, 2.24) is 9.47 Å². The van der Waals surface area contributed by atoms with Crippen LogP contribution in [0.15, 0.2) is 43.1 Å². The van der Waals surface area contributed by atoms with Crippen molar-refractivity contribution in [3.05, 3.63) is 43.1 Å². The van der Waals surface area contributed by atoms with Gasteiger partial charge in [-0.25, -0.2) is 0 Å². The summed E-state index contributed by atoms with van der Waals surface area (Å²) >= 11 is 0. The molecule has 0 spiro atoms. The number of carbonyl (C=O) groups is 2. The minimum atomic E-state index is -0.244. The van der Waals surface area contributed by atoms with E-state index in [1.54, 1.807) is 0 Å². The monoisotopic (exact) mass is 313 g/mol. The molecule has 3 rings (SSSR count). The fourth-order valence-electron chi connectivity index (χ4n) is 2.67. The summed E-state index contributed by atoms with van der Waals surface area (Å²) in [7, 11) is 0. The standard InChI is InChI=1S/C17H19N3O3/c1-2-16(21)18-14-3-4-15-13(11-14)5-6-20(15)12-17(22)19-7-9-23-10-8-19/h2-6,11H,1,7-10,12H2,(H,18,21). The Bertz CT molecular complexity index is 745. The third kappa shape index (κ3) is 3.43. The Morgan fingerprint density at radius 1 is 1.26 bits per heavy atom. The SMILES string of the molecule is C=CC(=O)Nc1ccc2c(ccn2CC(=O)N2CCOCC2)c1. The summed E-state index contributed by atoms with van der Waals surface area (Å²) in [6.07, 6.45) is 3.12. The highest BCUT2D eigenvalue weighted by molar-refractivity contribution is 6.00. The second-order valence-electron chi connectivity index (χ2n) is 5.40. The summed E-state index contributed by atoms with van der Waals surface area (Å²) in [4.78, 5) is 25.5. The van der Waals surface area contributed by atoms with Crippen molar-refractivity contribution in [2.45, 2.75) is 6.54 Å². The number of benzene rings is 1. The fraction of sp³-hybridized carbons (Fsp3) is 0.294. The highest BCUT2D eigenvalue weighted by Crippen LogP contribution is 2.21. The summed E-state index contributed by atoms with van der Waals surface area (Å²) in [5.41, 5.74) is 1.67. The van der Waals surface area contributed by atoms with Gasteiger partial charge in [0.2, 0.25) is 11.8 Å². The van der Waals surface area contributed by atoms with E-state index in [0.29, 0.717) is 38.5 Å².